The molecule has 0 aliphatic carbocycles. The van der Waals surface area contributed by atoms with Gasteiger partial charge in [0.1, 0.15) is 19.3 Å². The van der Waals surface area contributed by atoms with E-state index in [9.17, 15) is 4.79 Å². The van der Waals surface area contributed by atoms with Crippen LogP contribution in [-0.4, -0.2) is 61.0 Å². The van der Waals surface area contributed by atoms with Crippen LogP contribution in [0.15, 0.2) is 25.3 Å². The maximum atomic E-state index is 11.6. The lowest BCUT2D eigenvalue weighted by atomic mass is 10.1. The normalized spacial score (nSPS) is 23.6. The molecule has 1 saturated heterocycles. The van der Waals surface area contributed by atoms with Gasteiger partial charge in [0, 0.05) is 18.5 Å². The molecule has 0 N–H and O–H groups in total. The fraction of sp³-hybridized carbons (Fsp3) is 0.737. The van der Waals surface area contributed by atoms with E-state index in [0.29, 0.717) is 13.0 Å². The van der Waals surface area contributed by atoms with Crippen molar-refractivity contribution in [3.8, 4) is 0 Å². The summed E-state index contributed by atoms with van der Waals surface area (Å²) in [6.45, 7) is 18.2. The molecule has 0 aromatic heterocycles. The Morgan fingerprint density at radius 1 is 1.19 bits per heavy atom. The number of carbonyl (C=O) groups is 1. The fourth-order valence-corrected chi connectivity index (χ4v) is 4.60. The summed E-state index contributed by atoms with van der Waals surface area (Å²) >= 11 is 0. The van der Waals surface area contributed by atoms with Gasteiger partial charge < -0.3 is 23.3 Å². The molecule has 0 bridgehead atoms. The van der Waals surface area contributed by atoms with Gasteiger partial charge in [0.15, 0.2) is 0 Å². The van der Waals surface area contributed by atoms with Gasteiger partial charge in [-0.3, -0.25) is 0 Å². The molecule has 156 valence electrons. The van der Waals surface area contributed by atoms with Gasteiger partial charge in [0.25, 0.3) is 8.53 Å². The molecule has 0 spiro atoms. The number of hydrogen-bond donors (Lipinski definition) is 0. The number of carbonyl (C=O) groups excluding carboxylic acids is 1. The van der Waals surface area contributed by atoms with Gasteiger partial charge >= 0.3 is 6.16 Å². The van der Waals surface area contributed by atoms with E-state index in [0.717, 1.165) is 0 Å². The maximum Gasteiger partial charge on any atom is 0.508 e. The first-order valence-electron chi connectivity index (χ1n) is 9.34. The molecule has 0 aromatic rings. The topological polar surface area (TPSA) is 66.5 Å². The van der Waals surface area contributed by atoms with Crippen LogP contribution in [0, 0.1) is 0 Å². The van der Waals surface area contributed by atoms with Gasteiger partial charge in [0.05, 0.1) is 18.8 Å². The molecule has 4 atom stereocenters. The Morgan fingerprint density at radius 3 is 2.37 bits per heavy atom. The lowest BCUT2D eigenvalue weighted by Gasteiger charge is -2.37. The van der Waals surface area contributed by atoms with Crippen LogP contribution in [0.2, 0.25) is 0 Å². The van der Waals surface area contributed by atoms with Crippen molar-refractivity contribution < 1.29 is 28.1 Å². The zero-order valence-corrected chi connectivity index (χ0v) is 18.0. The van der Waals surface area contributed by atoms with Gasteiger partial charge in [-0.1, -0.05) is 18.7 Å². The van der Waals surface area contributed by atoms with Crippen LogP contribution in [0.25, 0.3) is 0 Å². The lowest BCUT2D eigenvalue weighted by molar-refractivity contribution is -0.0330. The highest BCUT2D eigenvalue weighted by atomic mass is 31.2. The molecule has 1 heterocycles. The molecule has 8 heteroatoms. The summed E-state index contributed by atoms with van der Waals surface area (Å²) in [4.78, 5) is 11.6. The summed E-state index contributed by atoms with van der Waals surface area (Å²) in [5.74, 6) is 0. The van der Waals surface area contributed by atoms with Crippen molar-refractivity contribution in [1.82, 2.24) is 4.67 Å². The zero-order chi connectivity index (χ0) is 20.4. The minimum Gasteiger partial charge on any atom is -0.431 e. The molecule has 0 saturated carbocycles. The first kappa shape index (κ1) is 24.1. The first-order chi connectivity index (χ1) is 12.8. The molecule has 27 heavy (non-hydrogen) atoms. The predicted octanol–water partition coefficient (Wildman–Crippen LogP) is 4.44. The first-order valence-corrected chi connectivity index (χ1v) is 10.5. The number of hydrogen-bond acceptors (Lipinski definition) is 7. The second-order valence-electron chi connectivity index (χ2n) is 6.92. The highest BCUT2D eigenvalue weighted by Gasteiger charge is 2.39. The Hall–Kier alpha value is -0.980. The summed E-state index contributed by atoms with van der Waals surface area (Å²) in [6.07, 6.45) is 2.57. The van der Waals surface area contributed by atoms with E-state index in [-0.39, 0.29) is 43.6 Å². The van der Waals surface area contributed by atoms with Crippen molar-refractivity contribution in [1.29, 1.82) is 0 Å². The van der Waals surface area contributed by atoms with Crippen LogP contribution in [0.1, 0.15) is 41.0 Å². The van der Waals surface area contributed by atoms with Gasteiger partial charge in [-0.25, -0.2) is 9.46 Å². The Labute approximate surface area is 164 Å². The molecule has 1 aliphatic rings. The van der Waals surface area contributed by atoms with Crippen LogP contribution >= 0.6 is 8.53 Å². The van der Waals surface area contributed by atoms with Crippen molar-refractivity contribution in [2.75, 3.05) is 19.8 Å². The number of ether oxygens (including phenoxy) is 3. The van der Waals surface area contributed by atoms with Gasteiger partial charge in [-0.05, 0) is 34.6 Å². The molecule has 0 aromatic carbocycles. The summed E-state index contributed by atoms with van der Waals surface area (Å²) in [7, 11) is -1.30. The van der Waals surface area contributed by atoms with Crippen molar-refractivity contribution in [3.05, 3.63) is 25.3 Å². The van der Waals surface area contributed by atoms with Crippen LogP contribution in [0.4, 0.5) is 4.79 Å². The van der Waals surface area contributed by atoms with Crippen molar-refractivity contribution >= 4 is 14.7 Å². The minimum absolute atomic E-state index is 0.00981. The third-order valence-corrected chi connectivity index (χ3v) is 5.97. The molecular weight excluding hydrogens is 369 g/mol. The number of rotatable bonds is 12. The Morgan fingerprint density at radius 2 is 1.81 bits per heavy atom. The van der Waals surface area contributed by atoms with Gasteiger partial charge in [-0.15, -0.1) is 6.58 Å². The molecule has 0 amide bonds. The van der Waals surface area contributed by atoms with E-state index in [1.807, 2.05) is 6.92 Å². The molecular formula is C19H34NO6P. The van der Waals surface area contributed by atoms with E-state index in [1.165, 1.54) is 6.08 Å². The minimum atomic E-state index is -1.30. The molecule has 1 rings (SSSR count). The van der Waals surface area contributed by atoms with Crippen LogP contribution < -0.4 is 0 Å². The zero-order valence-electron chi connectivity index (χ0n) is 17.1. The third kappa shape index (κ3) is 8.28. The second kappa shape index (κ2) is 12.5. The molecule has 1 unspecified atom stereocenters. The third-order valence-electron chi connectivity index (χ3n) is 3.85. The Kier molecular flexibility index (Phi) is 11.1. The average Bonchev–Trinajstić information content (AvgIpc) is 2.94. The van der Waals surface area contributed by atoms with E-state index in [2.05, 4.69) is 45.5 Å². The van der Waals surface area contributed by atoms with E-state index < -0.39 is 14.7 Å². The Bertz CT molecular complexity index is 465. The second-order valence-corrected chi connectivity index (χ2v) is 8.32. The molecule has 1 aliphatic heterocycles. The van der Waals surface area contributed by atoms with Gasteiger partial charge in [0.2, 0.25) is 0 Å². The van der Waals surface area contributed by atoms with E-state index >= 15 is 0 Å². The van der Waals surface area contributed by atoms with Crippen molar-refractivity contribution in [3.63, 3.8) is 0 Å². The quantitative estimate of drug-likeness (QED) is 0.271. The SMILES string of the molecule is C=CCOC(=O)OC[C@H]1O[C@@H](C)C[C@@H]1OP(OCC=C)N(C(C)C)C(C)C. The molecule has 0 radical (unpaired) electrons. The van der Waals surface area contributed by atoms with Crippen LogP contribution in [0.3, 0.4) is 0 Å². The van der Waals surface area contributed by atoms with Crippen LogP contribution in [-0.2, 0) is 23.3 Å². The van der Waals surface area contributed by atoms with Crippen molar-refractivity contribution in [2.24, 2.45) is 0 Å². The monoisotopic (exact) mass is 403 g/mol. The highest BCUT2D eigenvalue weighted by Crippen LogP contribution is 2.49. The lowest BCUT2D eigenvalue weighted by Crippen LogP contribution is -2.36. The molecule has 7 nitrogen and oxygen atoms in total. The highest BCUT2D eigenvalue weighted by molar-refractivity contribution is 7.44. The maximum absolute atomic E-state index is 11.6. The smallest absolute Gasteiger partial charge is 0.431 e. The predicted molar refractivity (Wildman–Crippen MR) is 107 cm³/mol. The Balaban J connectivity index is 2.76. The van der Waals surface area contributed by atoms with E-state index in [4.69, 9.17) is 23.3 Å². The standard InChI is InChI=1S/C19H34NO6P/c1-8-10-22-19(21)23-13-18-17(12-16(7)25-18)26-27(24-11-9-2)20(14(3)4)15(5)6/h8-9,14-18H,1-2,10-13H2,3-7H3/t16-,17-,18+,27?/m0/s1. The van der Waals surface area contributed by atoms with Gasteiger partial charge in [-0.2, -0.15) is 0 Å². The van der Waals surface area contributed by atoms with Crippen LogP contribution in [0.5, 0.6) is 0 Å². The van der Waals surface area contributed by atoms with Crippen molar-refractivity contribution in [2.45, 2.75) is 71.4 Å². The summed E-state index contributed by atoms with van der Waals surface area (Å²) in [6, 6.07) is 0.508. The summed E-state index contributed by atoms with van der Waals surface area (Å²) < 4.78 is 30.4. The summed E-state index contributed by atoms with van der Waals surface area (Å²) in [5, 5.41) is 0. The van der Waals surface area contributed by atoms with E-state index in [1.54, 1.807) is 6.08 Å². The number of nitrogens with zero attached hydrogens (tertiary/aromatic N) is 1. The molecule has 1 fully saturated rings. The fourth-order valence-electron chi connectivity index (χ4n) is 2.85. The largest absolute Gasteiger partial charge is 0.508 e. The summed E-state index contributed by atoms with van der Waals surface area (Å²) in [5.41, 5.74) is 0. The average molecular weight is 403 g/mol.